The van der Waals surface area contributed by atoms with Gasteiger partial charge in [-0.2, -0.15) is 0 Å². The van der Waals surface area contributed by atoms with Gasteiger partial charge in [0, 0.05) is 12.7 Å². The third kappa shape index (κ3) is 1.71. The molecule has 0 unspecified atom stereocenters. The van der Waals surface area contributed by atoms with E-state index in [0.717, 1.165) is 25.7 Å². The van der Waals surface area contributed by atoms with Crippen molar-refractivity contribution in [1.82, 2.24) is 9.78 Å². The number of carbonyl (C=O) groups is 1. The van der Waals surface area contributed by atoms with E-state index in [-0.39, 0.29) is 0 Å². The third-order valence-corrected chi connectivity index (χ3v) is 2.01. The molecule has 1 heterocycles. The minimum absolute atomic E-state index is 0.291. The summed E-state index contributed by atoms with van der Waals surface area (Å²) in [6.07, 6.45) is 4.95. The summed E-state index contributed by atoms with van der Waals surface area (Å²) in [7, 11) is 0. The molecule has 0 aliphatic heterocycles. The zero-order chi connectivity index (χ0) is 9.26. The monoisotopic (exact) mass is 180 g/mol. The number of rotatable bonds is 4. The van der Waals surface area contributed by atoms with Crippen LogP contribution in [0.1, 0.15) is 30.1 Å². The highest BCUT2D eigenvalue weighted by atomic mass is 16.5. The van der Waals surface area contributed by atoms with Crippen LogP contribution in [0.5, 0.6) is 5.88 Å². The summed E-state index contributed by atoms with van der Waals surface area (Å²) in [6, 6.07) is 0. The first-order valence-corrected chi connectivity index (χ1v) is 4.52. The molecule has 4 nitrogen and oxygen atoms in total. The van der Waals surface area contributed by atoms with Crippen molar-refractivity contribution in [2.45, 2.75) is 32.4 Å². The highest BCUT2D eigenvalue weighted by Gasteiger charge is 2.25. The number of hydrogen-bond acceptors (Lipinski definition) is 3. The Balaban J connectivity index is 2.19. The maximum Gasteiger partial charge on any atom is 0.243 e. The van der Waals surface area contributed by atoms with Crippen LogP contribution in [0.4, 0.5) is 0 Å². The molecular formula is C9H12N2O2. The zero-order valence-electron chi connectivity index (χ0n) is 7.56. The fourth-order valence-corrected chi connectivity index (χ4v) is 1.10. The molecule has 1 aromatic heterocycles. The van der Waals surface area contributed by atoms with Gasteiger partial charge in [0.25, 0.3) is 0 Å². The van der Waals surface area contributed by atoms with Gasteiger partial charge >= 0.3 is 0 Å². The van der Waals surface area contributed by atoms with Crippen LogP contribution in [-0.4, -0.2) is 22.2 Å². The predicted octanol–water partition coefficient (Wildman–Crippen LogP) is 1.26. The summed E-state index contributed by atoms with van der Waals surface area (Å²) in [5.74, 6) is 0.486. The largest absolute Gasteiger partial charge is 0.473 e. The Bertz CT molecular complexity index is 315. The minimum Gasteiger partial charge on any atom is -0.473 e. The van der Waals surface area contributed by atoms with Crippen LogP contribution in [-0.2, 0) is 6.54 Å². The van der Waals surface area contributed by atoms with Crippen molar-refractivity contribution in [3.8, 4) is 5.88 Å². The summed E-state index contributed by atoms with van der Waals surface area (Å²) >= 11 is 0. The summed E-state index contributed by atoms with van der Waals surface area (Å²) in [4.78, 5) is 10.6. The van der Waals surface area contributed by atoms with E-state index in [0.29, 0.717) is 17.5 Å². The van der Waals surface area contributed by atoms with Gasteiger partial charge in [0.05, 0.1) is 5.56 Å². The third-order valence-electron chi connectivity index (χ3n) is 2.01. The van der Waals surface area contributed by atoms with E-state index in [1.165, 1.54) is 0 Å². The number of aromatic nitrogens is 2. The Hall–Kier alpha value is -1.32. The molecule has 1 fully saturated rings. The lowest BCUT2D eigenvalue weighted by Crippen LogP contribution is -2.00. The fraction of sp³-hybridized carbons (Fsp3) is 0.556. The van der Waals surface area contributed by atoms with E-state index in [4.69, 9.17) is 4.74 Å². The van der Waals surface area contributed by atoms with E-state index in [1.54, 1.807) is 10.9 Å². The van der Waals surface area contributed by atoms with E-state index >= 15 is 0 Å². The van der Waals surface area contributed by atoms with Crippen molar-refractivity contribution in [3.05, 3.63) is 11.8 Å². The van der Waals surface area contributed by atoms with Crippen LogP contribution in [0.2, 0.25) is 0 Å². The quantitative estimate of drug-likeness (QED) is 0.655. The van der Waals surface area contributed by atoms with Gasteiger partial charge in [-0.25, -0.2) is 0 Å². The van der Waals surface area contributed by atoms with Crippen molar-refractivity contribution in [3.63, 3.8) is 0 Å². The number of nitrogens with zero attached hydrogens (tertiary/aromatic N) is 2. The predicted molar refractivity (Wildman–Crippen MR) is 46.9 cm³/mol. The molecule has 0 spiro atoms. The number of aryl methyl sites for hydroxylation is 1. The summed E-state index contributed by atoms with van der Waals surface area (Å²) in [6.45, 7) is 2.73. The number of hydrogen-bond donors (Lipinski definition) is 0. The van der Waals surface area contributed by atoms with E-state index in [9.17, 15) is 4.79 Å². The molecule has 1 aromatic rings. The van der Waals surface area contributed by atoms with E-state index in [1.807, 2.05) is 6.92 Å². The molecule has 4 heteroatoms. The van der Waals surface area contributed by atoms with Crippen LogP contribution in [0.3, 0.4) is 0 Å². The fourth-order valence-electron chi connectivity index (χ4n) is 1.10. The van der Waals surface area contributed by atoms with Crippen molar-refractivity contribution in [1.29, 1.82) is 0 Å². The summed E-state index contributed by atoms with van der Waals surface area (Å²) < 4.78 is 7.18. The Morgan fingerprint density at radius 2 is 2.54 bits per heavy atom. The molecule has 1 aliphatic rings. The molecule has 13 heavy (non-hydrogen) atoms. The second-order valence-corrected chi connectivity index (χ2v) is 3.18. The molecule has 70 valence electrons. The van der Waals surface area contributed by atoms with Crippen LogP contribution in [0, 0.1) is 0 Å². The normalized spacial score (nSPS) is 15.8. The smallest absolute Gasteiger partial charge is 0.243 e. The molecule has 1 saturated carbocycles. The van der Waals surface area contributed by atoms with Crippen LogP contribution >= 0.6 is 0 Å². The Labute approximate surface area is 76.5 Å². The molecule has 0 radical (unpaired) electrons. The zero-order valence-corrected chi connectivity index (χ0v) is 7.56. The van der Waals surface area contributed by atoms with Crippen molar-refractivity contribution in [2.24, 2.45) is 0 Å². The van der Waals surface area contributed by atoms with Crippen molar-refractivity contribution < 1.29 is 9.53 Å². The van der Waals surface area contributed by atoms with E-state index in [2.05, 4.69) is 5.10 Å². The first kappa shape index (κ1) is 8.29. The molecule has 0 saturated heterocycles. The molecule has 0 aromatic carbocycles. The van der Waals surface area contributed by atoms with Gasteiger partial charge in [-0.05, 0) is 19.8 Å². The molecule has 0 amide bonds. The minimum atomic E-state index is 0.291. The van der Waals surface area contributed by atoms with Gasteiger partial charge < -0.3 is 4.74 Å². The molecule has 0 atom stereocenters. The van der Waals surface area contributed by atoms with Gasteiger partial charge in [0.15, 0.2) is 6.29 Å². The van der Waals surface area contributed by atoms with Crippen molar-refractivity contribution in [2.75, 3.05) is 0 Å². The van der Waals surface area contributed by atoms with Crippen molar-refractivity contribution >= 4 is 6.29 Å². The first-order valence-electron chi connectivity index (χ1n) is 4.52. The Morgan fingerprint density at radius 3 is 3.08 bits per heavy atom. The first-order chi connectivity index (χ1) is 6.33. The second kappa shape index (κ2) is 3.20. The maximum absolute atomic E-state index is 10.6. The molecule has 2 rings (SSSR count). The van der Waals surface area contributed by atoms with Gasteiger partial charge in [-0.1, -0.05) is 0 Å². The molecule has 1 aliphatic carbocycles. The van der Waals surface area contributed by atoms with Gasteiger partial charge in [-0.3, -0.25) is 9.48 Å². The van der Waals surface area contributed by atoms with E-state index < -0.39 is 0 Å². The Kier molecular flexibility index (Phi) is 2.04. The molecule has 0 bridgehead atoms. The highest BCUT2D eigenvalue weighted by Crippen LogP contribution is 2.27. The lowest BCUT2D eigenvalue weighted by Gasteiger charge is -1.98. The van der Waals surface area contributed by atoms with Gasteiger partial charge in [0.2, 0.25) is 5.88 Å². The lowest BCUT2D eigenvalue weighted by molar-refractivity contribution is 0.111. The Morgan fingerprint density at radius 1 is 1.77 bits per heavy atom. The maximum atomic E-state index is 10.6. The second-order valence-electron chi connectivity index (χ2n) is 3.18. The van der Waals surface area contributed by atoms with Crippen LogP contribution in [0.15, 0.2) is 6.20 Å². The van der Waals surface area contributed by atoms with Gasteiger partial charge in [-0.15, -0.1) is 5.10 Å². The molecule has 0 N–H and O–H groups in total. The SMILES string of the molecule is CCn1cc(C=O)c(OC2CC2)n1. The number of aldehydes is 1. The summed E-state index contributed by atoms with van der Waals surface area (Å²) in [5.41, 5.74) is 0.550. The van der Waals surface area contributed by atoms with Gasteiger partial charge in [0.1, 0.15) is 6.10 Å². The standard InChI is InChI=1S/C9H12N2O2/c1-2-11-5-7(6-12)9(10-11)13-8-3-4-8/h5-6,8H,2-4H2,1H3. The number of ether oxygens (including phenoxy) is 1. The number of carbonyl (C=O) groups excluding carboxylic acids is 1. The topological polar surface area (TPSA) is 44.1 Å². The lowest BCUT2D eigenvalue weighted by atomic mass is 10.4. The molecular weight excluding hydrogens is 168 g/mol. The summed E-state index contributed by atoms with van der Waals surface area (Å²) in [5, 5.41) is 4.14. The highest BCUT2D eigenvalue weighted by molar-refractivity contribution is 5.77. The van der Waals surface area contributed by atoms with Crippen LogP contribution < -0.4 is 4.74 Å². The van der Waals surface area contributed by atoms with Crippen LogP contribution in [0.25, 0.3) is 0 Å². The average Bonchev–Trinajstić information content (AvgIpc) is 2.85. The average molecular weight is 180 g/mol.